The number of amides is 3. The van der Waals surface area contributed by atoms with Crippen LogP contribution in [0.15, 0.2) is 79.9 Å². The third-order valence-electron chi connectivity index (χ3n) is 8.91. The molecular weight excluding hydrogens is 548 g/mol. The average Bonchev–Trinajstić information content (AvgIpc) is 3.78. The van der Waals surface area contributed by atoms with E-state index in [4.69, 9.17) is 4.74 Å². The highest BCUT2D eigenvalue weighted by atomic mass is 16.5. The summed E-state index contributed by atoms with van der Waals surface area (Å²) in [6.45, 7) is 8.29. The lowest BCUT2D eigenvalue weighted by molar-refractivity contribution is -0.149. The van der Waals surface area contributed by atoms with Crippen molar-refractivity contribution in [3.05, 3.63) is 79.9 Å². The van der Waals surface area contributed by atoms with E-state index in [2.05, 4.69) is 23.5 Å². The van der Waals surface area contributed by atoms with E-state index in [1.165, 1.54) is 4.90 Å². The first-order chi connectivity index (χ1) is 20.9. The van der Waals surface area contributed by atoms with Gasteiger partial charge in [-0.15, -0.1) is 18.3 Å². The smallest absolute Gasteiger partial charge is 0.250 e. The minimum atomic E-state index is -1.16. The molecule has 3 aliphatic rings. The van der Waals surface area contributed by atoms with Gasteiger partial charge in [0.1, 0.15) is 23.8 Å². The van der Waals surface area contributed by atoms with Crippen LogP contribution in [0.25, 0.3) is 11.0 Å². The number of ether oxygens (including phenoxy) is 1. The third-order valence-corrected chi connectivity index (χ3v) is 8.91. The zero-order valence-corrected chi connectivity index (χ0v) is 24.0. The summed E-state index contributed by atoms with van der Waals surface area (Å²) >= 11 is 0. The molecule has 2 aromatic carbocycles. The fourth-order valence-electron chi connectivity index (χ4n) is 7.16. The molecule has 3 fully saturated rings. The molecule has 3 amide bonds. The molecule has 0 radical (unpaired) electrons. The Morgan fingerprint density at radius 3 is 2.56 bits per heavy atom. The van der Waals surface area contributed by atoms with E-state index < -0.39 is 29.6 Å². The van der Waals surface area contributed by atoms with Gasteiger partial charge >= 0.3 is 0 Å². The number of anilines is 1. The van der Waals surface area contributed by atoms with E-state index in [0.717, 1.165) is 5.52 Å². The summed E-state index contributed by atoms with van der Waals surface area (Å²) in [6, 6.07) is 15.8. The number of carbonyl (C=O) groups excluding carboxylic acids is 3. The monoisotopic (exact) mass is 584 g/mol. The quantitative estimate of drug-likeness (QED) is 0.325. The molecule has 11 heteroatoms. The first-order valence-corrected chi connectivity index (χ1v) is 14.7. The van der Waals surface area contributed by atoms with Gasteiger partial charge in [0.25, 0.3) is 0 Å². The first kappa shape index (κ1) is 28.8. The number of para-hydroxylation sites is 2. The van der Waals surface area contributed by atoms with Crippen molar-refractivity contribution in [2.45, 2.75) is 43.7 Å². The summed E-state index contributed by atoms with van der Waals surface area (Å²) in [4.78, 5) is 47.8. The molecule has 43 heavy (non-hydrogen) atoms. The molecule has 3 saturated heterocycles. The van der Waals surface area contributed by atoms with Gasteiger partial charge in [0.15, 0.2) is 0 Å². The van der Waals surface area contributed by atoms with Crippen molar-refractivity contribution < 1.29 is 24.2 Å². The lowest BCUT2D eigenvalue weighted by Gasteiger charge is -2.36. The van der Waals surface area contributed by atoms with E-state index in [0.29, 0.717) is 30.5 Å². The summed E-state index contributed by atoms with van der Waals surface area (Å²) in [7, 11) is 0. The SMILES string of the molecule is C=CCN(Cn1nnc2ccccc21)C(=O)C1N(CCCO)C(=O)[C@@H]2[C@H](C(=O)N(CC=C)c3ccccc3)[C@@H]3CCC12O3. The highest BCUT2D eigenvalue weighted by molar-refractivity contribution is 6.03. The molecule has 0 aliphatic carbocycles. The fourth-order valence-corrected chi connectivity index (χ4v) is 7.16. The van der Waals surface area contributed by atoms with Crippen LogP contribution in [0.1, 0.15) is 19.3 Å². The predicted molar refractivity (Wildman–Crippen MR) is 159 cm³/mol. The number of benzene rings is 2. The molecule has 11 nitrogen and oxygen atoms in total. The number of hydrogen-bond acceptors (Lipinski definition) is 7. The van der Waals surface area contributed by atoms with E-state index in [1.54, 1.807) is 26.6 Å². The number of aliphatic hydroxyl groups is 1. The summed E-state index contributed by atoms with van der Waals surface area (Å²) in [6.07, 6.45) is 4.13. The zero-order chi connectivity index (χ0) is 30.1. The largest absolute Gasteiger partial charge is 0.396 e. The number of aliphatic hydroxyl groups excluding tert-OH is 1. The van der Waals surface area contributed by atoms with Crippen molar-refractivity contribution in [1.82, 2.24) is 24.8 Å². The van der Waals surface area contributed by atoms with E-state index >= 15 is 0 Å². The van der Waals surface area contributed by atoms with Gasteiger partial charge in [-0.1, -0.05) is 47.7 Å². The molecule has 3 aromatic rings. The second kappa shape index (κ2) is 11.7. The van der Waals surface area contributed by atoms with Crippen molar-refractivity contribution in [2.75, 3.05) is 31.1 Å². The maximum atomic E-state index is 14.5. The summed E-state index contributed by atoms with van der Waals surface area (Å²) in [5.74, 6) is -2.39. The highest BCUT2D eigenvalue weighted by Crippen LogP contribution is 2.59. The van der Waals surface area contributed by atoms with Crippen molar-refractivity contribution in [2.24, 2.45) is 11.8 Å². The number of nitrogens with zero attached hydrogens (tertiary/aromatic N) is 6. The van der Waals surface area contributed by atoms with Gasteiger partial charge in [0.05, 0.1) is 23.5 Å². The Bertz CT molecular complexity index is 1540. The van der Waals surface area contributed by atoms with Crippen LogP contribution in [0.4, 0.5) is 5.69 Å². The molecule has 1 aromatic heterocycles. The molecule has 1 spiro atoms. The maximum Gasteiger partial charge on any atom is 0.250 e. The number of likely N-dealkylation sites (tertiary alicyclic amines) is 1. The minimum absolute atomic E-state index is 0.0948. The van der Waals surface area contributed by atoms with Crippen molar-refractivity contribution in [3.8, 4) is 0 Å². The Hall–Kier alpha value is -4.35. The lowest BCUT2D eigenvalue weighted by Crippen LogP contribution is -2.56. The second-order valence-electron chi connectivity index (χ2n) is 11.3. The molecule has 2 unspecified atom stereocenters. The fraction of sp³-hybridized carbons (Fsp3) is 0.406. The maximum absolute atomic E-state index is 14.5. The van der Waals surface area contributed by atoms with Crippen molar-refractivity contribution in [1.29, 1.82) is 0 Å². The number of fused-ring (bicyclic) bond motifs is 2. The van der Waals surface area contributed by atoms with Gasteiger partial charge in [0, 0.05) is 31.9 Å². The molecule has 5 atom stereocenters. The summed E-state index contributed by atoms with van der Waals surface area (Å²) in [5, 5.41) is 18.1. The van der Waals surface area contributed by atoms with Crippen LogP contribution in [0, 0.1) is 11.8 Å². The Labute approximate surface area is 250 Å². The number of hydrogen-bond donors (Lipinski definition) is 1. The Kier molecular flexibility index (Phi) is 7.85. The van der Waals surface area contributed by atoms with Gasteiger partial charge in [-0.25, -0.2) is 4.68 Å². The van der Waals surface area contributed by atoms with Crippen molar-refractivity contribution in [3.63, 3.8) is 0 Å². The molecule has 1 N–H and O–H groups in total. The number of aromatic nitrogens is 3. The molecule has 4 heterocycles. The molecular formula is C32H36N6O5. The molecule has 0 saturated carbocycles. The summed E-state index contributed by atoms with van der Waals surface area (Å²) < 4.78 is 8.27. The van der Waals surface area contributed by atoms with Crippen LogP contribution in [-0.4, -0.2) is 91.6 Å². The third kappa shape index (κ3) is 4.72. The molecule has 3 aliphatic heterocycles. The Balaban J connectivity index is 1.36. The van der Waals surface area contributed by atoms with Gasteiger partial charge in [0.2, 0.25) is 17.7 Å². The average molecular weight is 585 g/mol. The number of rotatable bonds is 12. The van der Waals surface area contributed by atoms with E-state index in [9.17, 15) is 19.5 Å². The molecule has 224 valence electrons. The van der Waals surface area contributed by atoms with Crippen LogP contribution in [0.2, 0.25) is 0 Å². The Morgan fingerprint density at radius 2 is 1.81 bits per heavy atom. The molecule has 2 bridgehead atoms. The second-order valence-corrected chi connectivity index (χ2v) is 11.3. The van der Waals surface area contributed by atoms with Gasteiger partial charge in [-0.3, -0.25) is 14.4 Å². The highest BCUT2D eigenvalue weighted by Gasteiger charge is 2.74. The van der Waals surface area contributed by atoms with E-state index in [1.807, 2.05) is 54.6 Å². The van der Waals surface area contributed by atoms with Gasteiger partial charge in [-0.05, 0) is 43.5 Å². The zero-order valence-electron chi connectivity index (χ0n) is 24.0. The normalized spacial score (nSPS) is 25.6. The van der Waals surface area contributed by atoms with Crippen LogP contribution < -0.4 is 4.90 Å². The summed E-state index contributed by atoms with van der Waals surface area (Å²) in [5.41, 5.74) is 1.02. The van der Waals surface area contributed by atoms with Gasteiger partial charge in [-0.2, -0.15) is 0 Å². The standard InChI is InChI=1S/C32H36N6O5/c1-3-17-35(21-38-24-14-9-8-13-23(24)33-34-38)31(42)28-32-16-15-25(43-32)26(27(32)30(41)37(28)19-10-20-39)29(40)36(18-4-2)22-11-6-5-7-12-22/h3-9,11-14,25-28,39H,1-2,10,15-21H2/t25-,26+,27-,28?,32?/m0/s1. The topological polar surface area (TPSA) is 121 Å². The predicted octanol–water partition coefficient (Wildman–Crippen LogP) is 2.38. The van der Waals surface area contributed by atoms with Gasteiger partial charge < -0.3 is 24.5 Å². The van der Waals surface area contributed by atoms with Crippen molar-refractivity contribution >= 4 is 34.4 Å². The Morgan fingerprint density at radius 1 is 1.07 bits per heavy atom. The molecule has 6 rings (SSSR count). The van der Waals surface area contributed by atoms with Crippen LogP contribution in [-0.2, 0) is 25.8 Å². The van der Waals surface area contributed by atoms with E-state index in [-0.39, 0.29) is 50.6 Å². The lowest BCUT2D eigenvalue weighted by atomic mass is 9.70. The number of carbonyl (C=O) groups is 3. The minimum Gasteiger partial charge on any atom is -0.396 e. The van der Waals surface area contributed by atoms with Crippen LogP contribution in [0.3, 0.4) is 0 Å². The first-order valence-electron chi connectivity index (χ1n) is 14.7. The van der Waals surface area contributed by atoms with Crippen LogP contribution >= 0.6 is 0 Å². The van der Waals surface area contributed by atoms with Crippen LogP contribution in [0.5, 0.6) is 0 Å².